The molecule has 2 aromatic rings. The van der Waals surface area contributed by atoms with Gasteiger partial charge in [-0.3, -0.25) is 4.79 Å². The molecule has 114 valence electrons. The number of carbonyl (C=O) groups excluding carboxylic acids is 1. The molecule has 0 bridgehead atoms. The highest BCUT2D eigenvalue weighted by molar-refractivity contribution is 5.88. The second kappa shape index (κ2) is 7.73. The van der Waals surface area contributed by atoms with E-state index in [0.717, 1.165) is 17.8 Å². The van der Waals surface area contributed by atoms with Crippen molar-refractivity contribution >= 4 is 11.6 Å². The number of hydrogen-bond acceptors (Lipinski definition) is 3. The molecule has 2 rings (SSSR count). The molecule has 0 unspecified atom stereocenters. The van der Waals surface area contributed by atoms with Crippen molar-refractivity contribution in [3.63, 3.8) is 0 Å². The van der Waals surface area contributed by atoms with Gasteiger partial charge >= 0.3 is 0 Å². The van der Waals surface area contributed by atoms with Gasteiger partial charge in [-0.15, -0.1) is 0 Å². The van der Waals surface area contributed by atoms with E-state index in [1.807, 2.05) is 24.4 Å². The fourth-order valence-corrected chi connectivity index (χ4v) is 1.89. The quantitative estimate of drug-likeness (QED) is 0.566. The second-order valence-electron chi connectivity index (χ2n) is 4.67. The van der Waals surface area contributed by atoms with Crippen LogP contribution in [0.1, 0.15) is 12.6 Å². The van der Waals surface area contributed by atoms with Gasteiger partial charge in [-0.25, -0.2) is 0 Å². The fourth-order valence-electron chi connectivity index (χ4n) is 1.89. The van der Waals surface area contributed by atoms with Crippen LogP contribution < -0.4 is 15.8 Å². The smallest absolute Gasteiger partial charge is 0.221 e. The molecule has 0 saturated heterocycles. The highest BCUT2D eigenvalue weighted by atomic mass is 16.5. The van der Waals surface area contributed by atoms with Crippen LogP contribution in [-0.4, -0.2) is 10.9 Å². The summed E-state index contributed by atoms with van der Waals surface area (Å²) in [5.74, 6) is 1.22. The average molecular weight is 297 g/mol. The molecule has 1 heterocycles. The number of anilines is 1. The van der Waals surface area contributed by atoms with E-state index in [1.54, 1.807) is 30.3 Å². The lowest BCUT2D eigenvalue weighted by atomic mass is 10.2. The number of H-pyrrole nitrogens is 1. The number of ether oxygens (including phenoxy) is 1. The Morgan fingerprint density at radius 2 is 2.09 bits per heavy atom. The molecular weight excluding hydrogens is 278 g/mol. The van der Waals surface area contributed by atoms with Crippen LogP contribution in [0.5, 0.6) is 5.75 Å². The van der Waals surface area contributed by atoms with E-state index >= 15 is 0 Å². The Kier molecular flexibility index (Phi) is 5.43. The molecule has 4 N–H and O–H groups in total. The number of rotatable bonds is 6. The Morgan fingerprint density at radius 3 is 2.68 bits per heavy atom. The lowest BCUT2D eigenvalue weighted by molar-refractivity contribution is -0.114. The Balaban J connectivity index is 2.04. The third-order valence-electron chi connectivity index (χ3n) is 2.86. The van der Waals surface area contributed by atoms with Gasteiger partial charge in [0.1, 0.15) is 11.5 Å². The fraction of sp³-hybridized carbons (Fsp3) is 0.118. The Bertz CT molecular complexity index is 656. The second-order valence-corrected chi connectivity index (χ2v) is 4.67. The van der Waals surface area contributed by atoms with Gasteiger partial charge in [-0.05, 0) is 54.8 Å². The molecule has 0 fully saturated rings. The molecule has 0 atom stereocenters. The van der Waals surface area contributed by atoms with Gasteiger partial charge in [-0.1, -0.05) is 0 Å². The van der Waals surface area contributed by atoms with Gasteiger partial charge in [0.2, 0.25) is 5.91 Å². The topological polar surface area (TPSA) is 80.1 Å². The van der Waals surface area contributed by atoms with E-state index in [-0.39, 0.29) is 5.91 Å². The van der Waals surface area contributed by atoms with E-state index < -0.39 is 0 Å². The molecule has 1 amide bonds. The number of benzene rings is 1. The Hall–Kier alpha value is -2.95. The van der Waals surface area contributed by atoms with E-state index in [0.29, 0.717) is 11.5 Å². The molecule has 0 aliphatic rings. The number of carbonyl (C=O) groups is 1. The van der Waals surface area contributed by atoms with Crippen molar-refractivity contribution in [3.05, 3.63) is 72.4 Å². The number of aromatic nitrogens is 1. The van der Waals surface area contributed by atoms with Crippen LogP contribution in [0, 0.1) is 0 Å². The molecule has 5 heteroatoms. The zero-order valence-corrected chi connectivity index (χ0v) is 12.4. The number of nitrogens with two attached hydrogens (primary N) is 1. The monoisotopic (exact) mass is 297 g/mol. The van der Waals surface area contributed by atoms with Crippen LogP contribution in [0.25, 0.3) is 0 Å². The number of allylic oxidation sites excluding steroid dienone is 2. The SMILES string of the molecule is CC(=O)Nc1ccc(OC(/C=C/N)=C/Cc2ccc[nH]2)cc1. The van der Waals surface area contributed by atoms with Crippen LogP contribution >= 0.6 is 0 Å². The maximum Gasteiger partial charge on any atom is 0.221 e. The van der Waals surface area contributed by atoms with Crippen molar-refractivity contribution < 1.29 is 9.53 Å². The molecule has 0 radical (unpaired) electrons. The highest BCUT2D eigenvalue weighted by Gasteiger charge is 2.00. The summed E-state index contributed by atoms with van der Waals surface area (Å²) in [6.45, 7) is 1.47. The van der Waals surface area contributed by atoms with E-state index in [1.165, 1.54) is 13.1 Å². The first-order valence-corrected chi connectivity index (χ1v) is 6.93. The number of hydrogen-bond donors (Lipinski definition) is 3. The van der Waals surface area contributed by atoms with Gasteiger partial charge in [-0.2, -0.15) is 0 Å². The van der Waals surface area contributed by atoms with Crippen molar-refractivity contribution in [1.82, 2.24) is 4.98 Å². The first-order valence-electron chi connectivity index (χ1n) is 6.93. The maximum absolute atomic E-state index is 11.0. The van der Waals surface area contributed by atoms with Crippen molar-refractivity contribution in [2.24, 2.45) is 5.73 Å². The van der Waals surface area contributed by atoms with Gasteiger partial charge in [0, 0.05) is 30.9 Å². The van der Waals surface area contributed by atoms with Crippen LogP contribution in [0.15, 0.2) is 66.7 Å². The summed E-state index contributed by atoms with van der Waals surface area (Å²) in [7, 11) is 0. The summed E-state index contributed by atoms with van der Waals surface area (Å²) in [6.07, 6.45) is 7.67. The normalized spacial score (nSPS) is 11.6. The zero-order valence-electron chi connectivity index (χ0n) is 12.4. The average Bonchev–Trinajstić information content (AvgIpc) is 3.00. The lowest BCUT2D eigenvalue weighted by Crippen LogP contribution is -2.05. The van der Waals surface area contributed by atoms with Gasteiger partial charge in [0.25, 0.3) is 0 Å². The molecular formula is C17H19N3O2. The van der Waals surface area contributed by atoms with E-state index in [9.17, 15) is 4.79 Å². The predicted molar refractivity (Wildman–Crippen MR) is 87.3 cm³/mol. The first-order chi connectivity index (χ1) is 10.7. The summed E-state index contributed by atoms with van der Waals surface area (Å²) >= 11 is 0. The van der Waals surface area contributed by atoms with Crippen molar-refractivity contribution in [3.8, 4) is 5.75 Å². The van der Waals surface area contributed by atoms with Gasteiger partial charge in [0.15, 0.2) is 0 Å². The molecule has 0 aliphatic carbocycles. The summed E-state index contributed by atoms with van der Waals surface area (Å²) < 4.78 is 5.78. The van der Waals surface area contributed by atoms with Crippen LogP contribution in [0.2, 0.25) is 0 Å². The molecule has 1 aromatic heterocycles. The summed E-state index contributed by atoms with van der Waals surface area (Å²) in [5.41, 5.74) is 7.27. The zero-order chi connectivity index (χ0) is 15.8. The molecule has 5 nitrogen and oxygen atoms in total. The van der Waals surface area contributed by atoms with Crippen molar-refractivity contribution in [2.75, 3.05) is 5.32 Å². The van der Waals surface area contributed by atoms with Crippen LogP contribution in [0.3, 0.4) is 0 Å². The number of nitrogens with one attached hydrogen (secondary N) is 2. The molecule has 1 aromatic carbocycles. The van der Waals surface area contributed by atoms with E-state index in [4.69, 9.17) is 10.5 Å². The van der Waals surface area contributed by atoms with Gasteiger partial charge < -0.3 is 20.8 Å². The molecule has 0 saturated carbocycles. The molecule has 0 aliphatic heterocycles. The minimum atomic E-state index is -0.105. The Labute approximate surface area is 129 Å². The lowest BCUT2D eigenvalue weighted by Gasteiger charge is -2.08. The number of aromatic amines is 1. The summed E-state index contributed by atoms with van der Waals surface area (Å²) in [4.78, 5) is 14.1. The summed E-state index contributed by atoms with van der Waals surface area (Å²) in [5, 5.41) is 2.71. The third kappa shape index (κ3) is 4.86. The highest BCUT2D eigenvalue weighted by Crippen LogP contribution is 2.18. The number of amides is 1. The Morgan fingerprint density at radius 1 is 1.32 bits per heavy atom. The minimum Gasteiger partial charge on any atom is -0.458 e. The molecule has 0 spiro atoms. The first kappa shape index (κ1) is 15.4. The van der Waals surface area contributed by atoms with E-state index in [2.05, 4.69) is 10.3 Å². The standard InChI is InChI=1S/C17H19N3O2/c1-13(21)20-15-5-8-16(9-6-15)22-17(10-11-18)7-4-14-3-2-12-19-14/h2-3,5-12,19H,4,18H2,1H3,(H,20,21)/b11-10+,17-7+. The molecule has 22 heavy (non-hydrogen) atoms. The predicted octanol–water partition coefficient (Wildman–Crippen LogP) is 2.95. The van der Waals surface area contributed by atoms with Crippen molar-refractivity contribution in [1.29, 1.82) is 0 Å². The summed E-state index contributed by atoms with van der Waals surface area (Å²) in [6, 6.07) is 11.1. The van der Waals surface area contributed by atoms with Crippen LogP contribution in [-0.2, 0) is 11.2 Å². The third-order valence-corrected chi connectivity index (χ3v) is 2.86. The van der Waals surface area contributed by atoms with Crippen molar-refractivity contribution in [2.45, 2.75) is 13.3 Å². The van der Waals surface area contributed by atoms with Crippen LogP contribution in [0.4, 0.5) is 5.69 Å². The van der Waals surface area contributed by atoms with Gasteiger partial charge in [0.05, 0.1) is 0 Å². The largest absolute Gasteiger partial charge is 0.458 e. The maximum atomic E-state index is 11.0. The minimum absolute atomic E-state index is 0.105.